The quantitative estimate of drug-likeness (QED) is 0.157. The zero-order valence-electron chi connectivity index (χ0n) is 28.7. The van der Waals surface area contributed by atoms with Crippen LogP contribution < -0.4 is 4.90 Å². The van der Waals surface area contributed by atoms with Gasteiger partial charge in [-0.1, -0.05) is 158 Å². The van der Waals surface area contributed by atoms with Crippen LogP contribution in [0.15, 0.2) is 219 Å². The molecule has 0 saturated carbocycles. The Balaban J connectivity index is 1.03. The first kappa shape index (κ1) is 31.1. The fourth-order valence-corrected chi connectivity index (χ4v) is 7.17. The van der Waals surface area contributed by atoms with Gasteiger partial charge in [0.25, 0.3) is 0 Å². The Hall–Kier alpha value is -6.90. The fourth-order valence-electron chi connectivity index (χ4n) is 7.17. The van der Waals surface area contributed by atoms with Gasteiger partial charge in [0.2, 0.25) is 0 Å². The number of fused-ring (bicyclic) bond motifs is 1. The first-order valence-electron chi connectivity index (χ1n) is 17.8. The highest BCUT2D eigenvalue weighted by Crippen LogP contribution is 2.38. The van der Waals surface area contributed by atoms with Crippen molar-refractivity contribution in [3.63, 3.8) is 0 Å². The first-order chi connectivity index (χ1) is 25.8. The van der Waals surface area contributed by atoms with E-state index in [4.69, 9.17) is 0 Å². The number of hydrogen-bond acceptors (Lipinski definition) is 1. The molecule has 1 aromatic heterocycles. The lowest BCUT2D eigenvalue weighted by atomic mass is 9.99. The molecule has 0 saturated heterocycles. The van der Waals surface area contributed by atoms with Crippen LogP contribution in [0.5, 0.6) is 0 Å². The van der Waals surface area contributed by atoms with E-state index in [0.717, 1.165) is 22.7 Å². The monoisotopic (exact) mass is 664 g/mol. The van der Waals surface area contributed by atoms with Crippen molar-refractivity contribution >= 4 is 28.0 Å². The second-order valence-corrected chi connectivity index (χ2v) is 13.1. The van der Waals surface area contributed by atoms with E-state index in [-0.39, 0.29) is 0 Å². The van der Waals surface area contributed by atoms with Crippen LogP contribution in [0.4, 0.5) is 17.1 Å². The van der Waals surface area contributed by atoms with Crippen LogP contribution in [-0.4, -0.2) is 4.57 Å². The molecule has 2 heteroatoms. The molecule has 246 valence electrons. The van der Waals surface area contributed by atoms with Crippen LogP contribution in [-0.2, 0) is 0 Å². The smallest absolute Gasteiger partial charge is 0.0534 e. The summed E-state index contributed by atoms with van der Waals surface area (Å²) in [5.74, 6) is 0. The number of nitrogens with zero attached hydrogens (tertiary/aromatic N) is 2. The third-order valence-corrected chi connectivity index (χ3v) is 9.87. The molecule has 0 amide bonds. The second-order valence-electron chi connectivity index (χ2n) is 13.1. The van der Waals surface area contributed by atoms with Gasteiger partial charge in [-0.15, -0.1) is 0 Å². The highest BCUT2D eigenvalue weighted by Gasteiger charge is 2.15. The van der Waals surface area contributed by atoms with E-state index in [1.807, 2.05) is 0 Å². The predicted molar refractivity (Wildman–Crippen MR) is 220 cm³/mol. The van der Waals surface area contributed by atoms with Gasteiger partial charge in [-0.2, -0.15) is 0 Å². The molecule has 0 aliphatic carbocycles. The average molecular weight is 665 g/mol. The van der Waals surface area contributed by atoms with Gasteiger partial charge in [0.15, 0.2) is 0 Å². The number of anilines is 3. The summed E-state index contributed by atoms with van der Waals surface area (Å²) in [6.07, 6.45) is 2.26. The van der Waals surface area contributed by atoms with Crippen molar-refractivity contribution in [2.75, 3.05) is 4.90 Å². The van der Waals surface area contributed by atoms with Crippen LogP contribution in [0.1, 0.15) is 0 Å². The van der Waals surface area contributed by atoms with E-state index in [1.54, 1.807) is 0 Å². The van der Waals surface area contributed by atoms with E-state index in [1.165, 1.54) is 55.4 Å². The fraction of sp³-hybridized carbons (Fsp3) is 0. The number of rotatable bonds is 8. The summed E-state index contributed by atoms with van der Waals surface area (Å²) in [5, 5.41) is 1.25. The Morgan fingerprint density at radius 3 is 1.10 bits per heavy atom. The SMILES string of the molecule is c1ccc(-c2ccc(N(c3ccc(-c4ccccc4)cc3)c3ccc(-c4ccc(-c5cn(-c6ccccc6)c6ccccc56)cc4)cc3)cc2)cc1. The van der Waals surface area contributed by atoms with Crippen molar-refractivity contribution in [2.24, 2.45) is 0 Å². The molecule has 0 radical (unpaired) electrons. The van der Waals surface area contributed by atoms with Crippen molar-refractivity contribution < 1.29 is 0 Å². The molecule has 0 spiro atoms. The Morgan fingerprint density at radius 1 is 0.288 bits per heavy atom. The normalized spacial score (nSPS) is 11.1. The largest absolute Gasteiger partial charge is 0.316 e. The van der Waals surface area contributed by atoms with E-state index >= 15 is 0 Å². The van der Waals surface area contributed by atoms with Gasteiger partial charge >= 0.3 is 0 Å². The van der Waals surface area contributed by atoms with Gasteiger partial charge < -0.3 is 9.47 Å². The van der Waals surface area contributed by atoms with Gasteiger partial charge in [-0.05, 0) is 93.5 Å². The van der Waals surface area contributed by atoms with Crippen LogP contribution in [0.3, 0.4) is 0 Å². The minimum absolute atomic E-state index is 1.11. The number of hydrogen-bond donors (Lipinski definition) is 0. The Labute approximate surface area is 305 Å². The number of para-hydroxylation sites is 2. The molecular formula is C50H36N2. The van der Waals surface area contributed by atoms with E-state index in [0.29, 0.717) is 0 Å². The van der Waals surface area contributed by atoms with Crippen molar-refractivity contribution in [2.45, 2.75) is 0 Å². The van der Waals surface area contributed by atoms with Gasteiger partial charge in [0, 0.05) is 39.9 Å². The van der Waals surface area contributed by atoms with Gasteiger partial charge in [0.05, 0.1) is 5.52 Å². The average Bonchev–Trinajstić information content (AvgIpc) is 3.63. The first-order valence-corrected chi connectivity index (χ1v) is 17.8. The standard InChI is InChI=1S/C50H36N2/c1-4-12-37(13-5-1)40-24-30-45(31-25-40)52(46-32-26-41(27-33-46)38-14-6-2-7-15-38)47-34-28-42(29-35-47)39-20-22-43(23-21-39)49-36-51(44-16-8-3-9-17-44)50-19-11-10-18-48(49)50/h1-36H. The van der Waals surface area contributed by atoms with Crippen LogP contribution in [0, 0.1) is 0 Å². The third kappa shape index (κ3) is 6.08. The maximum absolute atomic E-state index is 2.33. The predicted octanol–water partition coefficient (Wildman–Crippen LogP) is 13.8. The number of benzene rings is 8. The molecule has 0 N–H and O–H groups in total. The molecule has 9 aromatic rings. The van der Waals surface area contributed by atoms with Crippen molar-refractivity contribution in [1.82, 2.24) is 4.57 Å². The lowest BCUT2D eigenvalue weighted by Crippen LogP contribution is -2.09. The summed E-state index contributed by atoms with van der Waals surface area (Å²) in [6.45, 7) is 0. The molecule has 52 heavy (non-hydrogen) atoms. The van der Waals surface area contributed by atoms with Crippen molar-refractivity contribution in [3.05, 3.63) is 219 Å². The maximum atomic E-state index is 2.33. The molecule has 0 atom stereocenters. The third-order valence-electron chi connectivity index (χ3n) is 9.87. The summed E-state index contributed by atoms with van der Waals surface area (Å²) < 4.78 is 2.29. The minimum Gasteiger partial charge on any atom is -0.316 e. The summed E-state index contributed by atoms with van der Waals surface area (Å²) in [5.41, 5.74) is 15.3. The van der Waals surface area contributed by atoms with Gasteiger partial charge in [0.1, 0.15) is 0 Å². The van der Waals surface area contributed by atoms with Crippen molar-refractivity contribution in [1.29, 1.82) is 0 Å². The van der Waals surface area contributed by atoms with Gasteiger partial charge in [-0.25, -0.2) is 0 Å². The maximum Gasteiger partial charge on any atom is 0.0534 e. The highest BCUT2D eigenvalue weighted by atomic mass is 15.1. The summed E-state index contributed by atoms with van der Waals surface area (Å²) >= 11 is 0. The second kappa shape index (κ2) is 13.8. The molecule has 0 bridgehead atoms. The zero-order chi connectivity index (χ0) is 34.7. The van der Waals surface area contributed by atoms with E-state index in [2.05, 4.69) is 228 Å². The van der Waals surface area contributed by atoms with Crippen LogP contribution in [0.25, 0.3) is 61.1 Å². The molecule has 9 rings (SSSR count). The minimum atomic E-state index is 1.11. The van der Waals surface area contributed by atoms with E-state index < -0.39 is 0 Å². The molecule has 0 aliphatic rings. The lowest BCUT2D eigenvalue weighted by Gasteiger charge is -2.26. The Morgan fingerprint density at radius 2 is 0.635 bits per heavy atom. The van der Waals surface area contributed by atoms with Gasteiger partial charge in [-0.3, -0.25) is 0 Å². The molecule has 2 nitrogen and oxygen atoms in total. The van der Waals surface area contributed by atoms with Crippen molar-refractivity contribution in [3.8, 4) is 50.2 Å². The Bertz CT molecular complexity index is 2470. The molecule has 0 aliphatic heterocycles. The molecule has 1 heterocycles. The highest BCUT2D eigenvalue weighted by molar-refractivity contribution is 5.97. The molecule has 0 unspecified atom stereocenters. The topological polar surface area (TPSA) is 8.17 Å². The molecule has 0 fully saturated rings. The van der Waals surface area contributed by atoms with Crippen LogP contribution in [0.2, 0.25) is 0 Å². The molecule has 8 aromatic carbocycles. The Kier molecular flexibility index (Phi) is 8.24. The van der Waals surface area contributed by atoms with E-state index in [9.17, 15) is 0 Å². The zero-order valence-corrected chi connectivity index (χ0v) is 28.7. The number of aromatic nitrogens is 1. The van der Waals surface area contributed by atoms with Crippen LogP contribution >= 0.6 is 0 Å². The summed E-state index contributed by atoms with van der Waals surface area (Å²) in [7, 11) is 0. The molecular weight excluding hydrogens is 629 g/mol. The summed E-state index contributed by atoms with van der Waals surface area (Å²) in [6, 6.07) is 75.9. The lowest BCUT2D eigenvalue weighted by molar-refractivity contribution is 1.13. The summed E-state index contributed by atoms with van der Waals surface area (Å²) in [4.78, 5) is 2.33.